The van der Waals surface area contributed by atoms with Gasteiger partial charge in [0.25, 0.3) is 5.91 Å². The lowest BCUT2D eigenvalue weighted by Crippen LogP contribution is -2.45. The second kappa shape index (κ2) is 6.14. The summed E-state index contributed by atoms with van der Waals surface area (Å²) in [6, 6.07) is 13.2. The van der Waals surface area contributed by atoms with Crippen LogP contribution in [0.2, 0.25) is 0 Å². The molecule has 0 aliphatic carbocycles. The quantitative estimate of drug-likeness (QED) is 0.895. The van der Waals surface area contributed by atoms with Gasteiger partial charge in [0.05, 0.1) is 12.8 Å². The van der Waals surface area contributed by atoms with Crippen molar-refractivity contribution in [2.24, 2.45) is 0 Å². The Bertz CT molecular complexity index is 856. The molecule has 1 atom stereocenters. The summed E-state index contributed by atoms with van der Waals surface area (Å²) >= 11 is 0. The highest BCUT2D eigenvalue weighted by Gasteiger charge is 2.54. The SMILES string of the molecule is COc1ccc2c(c1)[C@](O)(c1ccccc1)C(=O)N2C(=O)OC(C)(C)C. The van der Waals surface area contributed by atoms with E-state index in [1.165, 1.54) is 7.11 Å². The normalized spacial score (nSPS) is 19.3. The third kappa shape index (κ3) is 2.82. The molecule has 0 bridgehead atoms. The topological polar surface area (TPSA) is 76.1 Å². The Balaban J connectivity index is 2.18. The lowest BCUT2D eigenvalue weighted by atomic mass is 9.87. The van der Waals surface area contributed by atoms with Crippen molar-refractivity contribution in [2.45, 2.75) is 32.0 Å². The van der Waals surface area contributed by atoms with E-state index in [1.54, 1.807) is 69.3 Å². The molecule has 26 heavy (non-hydrogen) atoms. The van der Waals surface area contributed by atoms with Crippen LogP contribution in [0.25, 0.3) is 0 Å². The Morgan fingerprint density at radius 3 is 2.35 bits per heavy atom. The smallest absolute Gasteiger partial charge is 0.421 e. The summed E-state index contributed by atoms with van der Waals surface area (Å²) in [5.41, 5.74) is -1.86. The number of carbonyl (C=O) groups excluding carboxylic acids is 2. The number of nitrogens with zero attached hydrogens (tertiary/aromatic N) is 1. The van der Waals surface area contributed by atoms with Gasteiger partial charge in [-0.25, -0.2) is 9.69 Å². The Morgan fingerprint density at radius 2 is 1.77 bits per heavy atom. The summed E-state index contributed by atoms with van der Waals surface area (Å²) in [5.74, 6) is -0.307. The van der Waals surface area contributed by atoms with E-state index in [9.17, 15) is 14.7 Å². The molecule has 2 aromatic rings. The van der Waals surface area contributed by atoms with E-state index in [4.69, 9.17) is 9.47 Å². The van der Waals surface area contributed by atoms with Gasteiger partial charge in [-0.2, -0.15) is 0 Å². The minimum absolute atomic E-state index is 0.274. The number of carbonyl (C=O) groups is 2. The predicted molar refractivity (Wildman–Crippen MR) is 96.2 cm³/mol. The van der Waals surface area contributed by atoms with Gasteiger partial charge in [0.2, 0.25) is 0 Å². The molecule has 2 aromatic carbocycles. The summed E-state index contributed by atoms with van der Waals surface area (Å²) in [5, 5.41) is 11.4. The van der Waals surface area contributed by atoms with E-state index in [0.717, 1.165) is 4.90 Å². The van der Waals surface area contributed by atoms with E-state index >= 15 is 0 Å². The van der Waals surface area contributed by atoms with Crippen molar-refractivity contribution in [3.05, 3.63) is 59.7 Å². The third-order valence-corrected chi connectivity index (χ3v) is 4.11. The molecule has 2 amide bonds. The molecule has 1 N–H and O–H groups in total. The predicted octanol–water partition coefficient (Wildman–Crippen LogP) is 3.21. The van der Waals surface area contributed by atoms with Crippen molar-refractivity contribution >= 4 is 17.7 Å². The van der Waals surface area contributed by atoms with Gasteiger partial charge < -0.3 is 14.6 Å². The average Bonchev–Trinajstić information content (AvgIpc) is 2.82. The molecular weight excluding hydrogens is 334 g/mol. The highest BCUT2D eigenvalue weighted by Crippen LogP contribution is 2.46. The maximum Gasteiger partial charge on any atom is 0.421 e. The zero-order valence-corrected chi connectivity index (χ0v) is 15.1. The van der Waals surface area contributed by atoms with E-state index in [2.05, 4.69) is 0 Å². The number of amides is 2. The van der Waals surface area contributed by atoms with Crippen LogP contribution >= 0.6 is 0 Å². The molecule has 6 heteroatoms. The van der Waals surface area contributed by atoms with Crippen LogP contribution in [0.1, 0.15) is 31.9 Å². The molecule has 0 unspecified atom stereocenters. The van der Waals surface area contributed by atoms with Crippen LogP contribution in [0.4, 0.5) is 10.5 Å². The summed E-state index contributed by atoms with van der Waals surface area (Å²) in [4.78, 5) is 26.7. The first-order chi connectivity index (χ1) is 12.2. The fourth-order valence-corrected chi connectivity index (χ4v) is 2.96. The lowest BCUT2D eigenvalue weighted by molar-refractivity contribution is -0.131. The summed E-state index contributed by atoms with van der Waals surface area (Å²) in [6.45, 7) is 5.14. The maximum absolute atomic E-state index is 13.1. The number of methoxy groups -OCH3 is 1. The molecule has 3 rings (SSSR count). The summed E-state index contributed by atoms with van der Waals surface area (Å²) in [7, 11) is 1.49. The van der Waals surface area contributed by atoms with Crippen molar-refractivity contribution in [1.82, 2.24) is 0 Å². The van der Waals surface area contributed by atoms with Crippen LogP contribution in [-0.2, 0) is 15.1 Å². The molecule has 1 aliphatic heterocycles. The lowest BCUT2D eigenvalue weighted by Gasteiger charge is -2.25. The minimum atomic E-state index is -2.00. The number of imide groups is 1. The standard InChI is InChI=1S/C20H21NO5/c1-19(2,3)26-18(23)21-16-11-10-14(25-4)12-15(16)20(24,17(21)22)13-8-6-5-7-9-13/h5-12,24H,1-4H3/t20-/m1/s1. The van der Waals surface area contributed by atoms with Gasteiger partial charge in [0.15, 0.2) is 5.60 Å². The molecule has 0 spiro atoms. The van der Waals surface area contributed by atoms with E-state index < -0.39 is 23.2 Å². The van der Waals surface area contributed by atoms with Gasteiger partial charge in [0, 0.05) is 5.56 Å². The number of hydrogen-bond donors (Lipinski definition) is 1. The van der Waals surface area contributed by atoms with Crippen LogP contribution in [0, 0.1) is 0 Å². The summed E-state index contributed by atoms with van der Waals surface area (Å²) in [6.07, 6.45) is -0.833. The van der Waals surface area contributed by atoms with Crippen molar-refractivity contribution in [1.29, 1.82) is 0 Å². The molecular formula is C20H21NO5. The van der Waals surface area contributed by atoms with E-state index in [1.807, 2.05) is 0 Å². The van der Waals surface area contributed by atoms with E-state index in [-0.39, 0.29) is 11.3 Å². The van der Waals surface area contributed by atoms with Gasteiger partial charge in [0.1, 0.15) is 11.4 Å². The second-order valence-electron chi connectivity index (χ2n) is 7.08. The monoisotopic (exact) mass is 355 g/mol. The van der Waals surface area contributed by atoms with Crippen molar-refractivity contribution in [3.8, 4) is 5.75 Å². The molecule has 0 fully saturated rings. The molecule has 6 nitrogen and oxygen atoms in total. The molecule has 1 heterocycles. The first-order valence-corrected chi connectivity index (χ1v) is 8.22. The highest BCUT2D eigenvalue weighted by molar-refractivity contribution is 6.21. The Morgan fingerprint density at radius 1 is 1.12 bits per heavy atom. The van der Waals surface area contributed by atoms with Gasteiger partial charge in [-0.15, -0.1) is 0 Å². The number of fused-ring (bicyclic) bond motifs is 1. The van der Waals surface area contributed by atoms with Crippen molar-refractivity contribution < 1.29 is 24.2 Å². The van der Waals surface area contributed by atoms with Crippen molar-refractivity contribution in [2.75, 3.05) is 12.0 Å². The molecule has 136 valence electrons. The van der Waals surface area contributed by atoms with Gasteiger partial charge >= 0.3 is 6.09 Å². The number of rotatable bonds is 2. The number of benzene rings is 2. The largest absolute Gasteiger partial charge is 0.497 e. The average molecular weight is 355 g/mol. The van der Waals surface area contributed by atoms with Crippen LogP contribution in [-0.4, -0.2) is 29.8 Å². The van der Waals surface area contributed by atoms with Gasteiger partial charge in [-0.1, -0.05) is 30.3 Å². The molecule has 1 aliphatic rings. The molecule has 0 saturated heterocycles. The highest BCUT2D eigenvalue weighted by atomic mass is 16.6. The summed E-state index contributed by atoms with van der Waals surface area (Å²) < 4.78 is 10.6. The minimum Gasteiger partial charge on any atom is -0.497 e. The Hall–Kier alpha value is -2.86. The molecule has 0 saturated carbocycles. The molecule has 0 aromatic heterocycles. The number of ether oxygens (including phenoxy) is 2. The van der Waals surface area contributed by atoms with Crippen molar-refractivity contribution in [3.63, 3.8) is 0 Å². The first kappa shape index (κ1) is 17.9. The molecule has 0 radical (unpaired) electrons. The Kier molecular flexibility index (Phi) is 4.24. The second-order valence-corrected chi connectivity index (χ2v) is 7.08. The van der Waals surface area contributed by atoms with Crippen LogP contribution < -0.4 is 9.64 Å². The fraction of sp³-hybridized carbons (Fsp3) is 0.300. The number of hydrogen-bond acceptors (Lipinski definition) is 5. The van der Waals surface area contributed by atoms with Crippen LogP contribution in [0.3, 0.4) is 0 Å². The Labute approximate surface area is 152 Å². The van der Waals surface area contributed by atoms with E-state index in [0.29, 0.717) is 11.3 Å². The third-order valence-electron chi connectivity index (χ3n) is 4.11. The maximum atomic E-state index is 13.1. The van der Waals surface area contributed by atoms with Crippen LogP contribution in [0.5, 0.6) is 5.75 Å². The zero-order chi connectivity index (χ0) is 19.1. The number of anilines is 1. The van der Waals surface area contributed by atoms with Gasteiger partial charge in [-0.05, 0) is 44.5 Å². The van der Waals surface area contributed by atoms with Gasteiger partial charge in [-0.3, -0.25) is 4.79 Å². The zero-order valence-electron chi connectivity index (χ0n) is 15.1. The van der Waals surface area contributed by atoms with Crippen LogP contribution in [0.15, 0.2) is 48.5 Å². The fourth-order valence-electron chi connectivity index (χ4n) is 2.96. The number of aliphatic hydroxyl groups is 1. The first-order valence-electron chi connectivity index (χ1n) is 8.22.